The number of hydrogen-bond acceptors (Lipinski definition) is 3. The van der Waals surface area contributed by atoms with Crippen molar-refractivity contribution in [3.63, 3.8) is 0 Å². The Kier molecular flexibility index (Phi) is 6.09. The lowest BCUT2D eigenvalue weighted by molar-refractivity contribution is -0.128. The second-order valence-electron chi connectivity index (χ2n) is 6.01. The number of nitrogens with one attached hydrogen (secondary N) is 2. The van der Waals surface area contributed by atoms with Gasteiger partial charge < -0.3 is 15.5 Å². The first-order chi connectivity index (χ1) is 12.1. The van der Waals surface area contributed by atoms with E-state index in [1.54, 1.807) is 11.3 Å². The topological polar surface area (TPSA) is 61.4 Å². The van der Waals surface area contributed by atoms with Crippen molar-refractivity contribution in [2.24, 2.45) is 0 Å². The number of thiophene rings is 1. The van der Waals surface area contributed by atoms with Gasteiger partial charge in [-0.1, -0.05) is 24.3 Å². The molecule has 7 heteroatoms. The molecule has 0 bridgehead atoms. The number of carbonyl (C=O) groups excluding carboxylic acids is 2. The lowest BCUT2D eigenvalue weighted by Crippen LogP contribution is -2.34. The fraction of sp³-hybridized carbons (Fsp3) is 0.333. The maximum absolute atomic E-state index is 11.9. The minimum atomic E-state index is -0.190. The molecule has 2 heterocycles. The van der Waals surface area contributed by atoms with E-state index < -0.39 is 0 Å². The fourth-order valence-electron chi connectivity index (χ4n) is 2.79. The molecule has 5 nitrogen and oxygen atoms in total. The third-order valence-electron chi connectivity index (χ3n) is 4.03. The summed E-state index contributed by atoms with van der Waals surface area (Å²) in [6, 6.07) is 9.81. The van der Waals surface area contributed by atoms with Gasteiger partial charge in [-0.3, -0.25) is 4.79 Å². The third kappa shape index (κ3) is 5.31. The molecular weight excluding hydrogens is 402 g/mol. The zero-order chi connectivity index (χ0) is 17.6. The van der Waals surface area contributed by atoms with Crippen molar-refractivity contribution in [3.05, 3.63) is 56.2 Å². The van der Waals surface area contributed by atoms with E-state index >= 15 is 0 Å². The highest BCUT2D eigenvalue weighted by Crippen LogP contribution is 2.19. The molecule has 1 saturated heterocycles. The molecule has 3 amide bonds. The van der Waals surface area contributed by atoms with E-state index in [9.17, 15) is 9.59 Å². The van der Waals surface area contributed by atoms with Gasteiger partial charge in [0.25, 0.3) is 0 Å². The number of amides is 3. The van der Waals surface area contributed by atoms with Gasteiger partial charge in [0, 0.05) is 40.8 Å². The molecule has 0 unspecified atom stereocenters. The average Bonchev–Trinajstić information content (AvgIpc) is 3.20. The van der Waals surface area contributed by atoms with Crippen LogP contribution in [0.1, 0.15) is 28.8 Å². The molecule has 1 aliphatic rings. The van der Waals surface area contributed by atoms with E-state index in [1.165, 1.54) is 0 Å². The Morgan fingerprint density at radius 2 is 2.00 bits per heavy atom. The molecule has 132 valence electrons. The summed E-state index contributed by atoms with van der Waals surface area (Å²) in [5, 5.41) is 7.71. The average molecular weight is 422 g/mol. The Labute approximate surface area is 159 Å². The van der Waals surface area contributed by atoms with E-state index in [1.807, 2.05) is 40.6 Å². The van der Waals surface area contributed by atoms with E-state index in [2.05, 4.69) is 26.6 Å². The summed E-state index contributed by atoms with van der Waals surface area (Å²) in [4.78, 5) is 26.6. The van der Waals surface area contributed by atoms with E-state index in [-0.39, 0.29) is 11.9 Å². The molecule has 2 N–H and O–H groups in total. The number of urea groups is 1. The molecule has 1 aliphatic heterocycles. The number of likely N-dealkylation sites (tertiary alicyclic amines) is 1. The van der Waals surface area contributed by atoms with Crippen LogP contribution in [0.2, 0.25) is 0 Å². The summed E-state index contributed by atoms with van der Waals surface area (Å²) in [5.74, 6) is 0.225. The molecule has 0 saturated carbocycles. The highest BCUT2D eigenvalue weighted by Gasteiger charge is 2.19. The quantitative estimate of drug-likeness (QED) is 0.747. The van der Waals surface area contributed by atoms with Crippen LogP contribution in [0.3, 0.4) is 0 Å². The van der Waals surface area contributed by atoms with Gasteiger partial charge in [-0.2, -0.15) is 0 Å². The number of rotatable bonds is 6. The first-order valence-corrected chi connectivity index (χ1v) is 9.87. The predicted octanol–water partition coefficient (Wildman–Crippen LogP) is 3.63. The number of hydrogen-bond donors (Lipinski definition) is 2. The van der Waals surface area contributed by atoms with Crippen molar-refractivity contribution in [1.82, 2.24) is 15.5 Å². The van der Waals surface area contributed by atoms with Crippen LogP contribution in [-0.2, 0) is 24.4 Å². The second kappa shape index (κ2) is 8.49. The molecule has 1 fully saturated rings. The number of nitrogens with zero attached hydrogens (tertiary/aromatic N) is 1. The van der Waals surface area contributed by atoms with Gasteiger partial charge in [0.15, 0.2) is 0 Å². The lowest BCUT2D eigenvalue weighted by Gasteiger charge is -2.16. The first-order valence-electron chi connectivity index (χ1n) is 8.20. The normalized spacial score (nSPS) is 14.0. The molecule has 1 aromatic carbocycles. The second-order valence-corrected chi connectivity index (χ2v) is 7.92. The fourth-order valence-corrected chi connectivity index (χ4v) is 4.18. The molecule has 0 aliphatic carbocycles. The van der Waals surface area contributed by atoms with Crippen LogP contribution in [-0.4, -0.2) is 23.4 Å². The number of halogens is 1. The van der Waals surface area contributed by atoms with Gasteiger partial charge in [-0.15, -0.1) is 11.3 Å². The first kappa shape index (κ1) is 17.9. The standard InChI is InChI=1S/C18H20BrN3O2S/c19-15-8-16(25-12-15)10-21-18(24)20-9-13-3-1-4-14(7-13)11-22-6-2-5-17(22)23/h1,3-4,7-8,12H,2,5-6,9-11H2,(H2,20,21,24). The summed E-state index contributed by atoms with van der Waals surface area (Å²) < 4.78 is 1.03. The Morgan fingerprint density at radius 3 is 2.72 bits per heavy atom. The maximum Gasteiger partial charge on any atom is 0.315 e. The van der Waals surface area contributed by atoms with Crippen LogP contribution in [0.15, 0.2) is 40.2 Å². The van der Waals surface area contributed by atoms with Gasteiger partial charge in [0.2, 0.25) is 5.91 Å². The van der Waals surface area contributed by atoms with Crippen molar-refractivity contribution in [1.29, 1.82) is 0 Å². The highest BCUT2D eigenvalue weighted by molar-refractivity contribution is 9.10. The lowest BCUT2D eigenvalue weighted by atomic mass is 10.1. The van der Waals surface area contributed by atoms with Crippen molar-refractivity contribution in [2.45, 2.75) is 32.5 Å². The highest BCUT2D eigenvalue weighted by atomic mass is 79.9. The minimum absolute atomic E-state index is 0.190. The van der Waals surface area contributed by atoms with Crippen LogP contribution >= 0.6 is 27.3 Å². The molecule has 0 spiro atoms. The molecule has 0 radical (unpaired) electrons. The van der Waals surface area contributed by atoms with Crippen molar-refractivity contribution in [2.75, 3.05) is 6.54 Å². The predicted molar refractivity (Wildman–Crippen MR) is 102 cm³/mol. The Balaban J connectivity index is 1.46. The zero-order valence-corrected chi connectivity index (χ0v) is 16.2. The third-order valence-corrected chi connectivity index (χ3v) is 5.73. The molecule has 1 aromatic heterocycles. The van der Waals surface area contributed by atoms with Crippen molar-refractivity contribution >= 4 is 39.2 Å². The summed E-state index contributed by atoms with van der Waals surface area (Å²) in [7, 11) is 0. The van der Waals surface area contributed by atoms with E-state index in [0.29, 0.717) is 26.1 Å². The number of benzene rings is 1. The molecule has 2 aromatic rings. The van der Waals surface area contributed by atoms with Crippen LogP contribution in [0.25, 0.3) is 0 Å². The van der Waals surface area contributed by atoms with E-state index in [4.69, 9.17) is 0 Å². The van der Waals surface area contributed by atoms with Crippen molar-refractivity contribution in [3.8, 4) is 0 Å². The minimum Gasteiger partial charge on any atom is -0.338 e. The van der Waals surface area contributed by atoms with Gasteiger partial charge in [0.1, 0.15) is 0 Å². The Morgan fingerprint density at radius 1 is 1.20 bits per heavy atom. The monoisotopic (exact) mass is 421 g/mol. The Bertz CT molecular complexity index is 762. The smallest absolute Gasteiger partial charge is 0.315 e. The summed E-state index contributed by atoms with van der Waals surface area (Å²) in [5.41, 5.74) is 2.12. The van der Waals surface area contributed by atoms with Gasteiger partial charge >= 0.3 is 6.03 Å². The van der Waals surface area contributed by atoms with Crippen molar-refractivity contribution < 1.29 is 9.59 Å². The van der Waals surface area contributed by atoms with Gasteiger partial charge in [-0.05, 0) is 39.5 Å². The Hall–Kier alpha value is -1.86. The largest absolute Gasteiger partial charge is 0.338 e. The summed E-state index contributed by atoms with van der Waals surface area (Å²) in [6.45, 7) is 2.45. The summed E-state index contributed by atoms with van der Waals surface area (Å²) >= 11 is 5.00. The van der Waals surface area contributed by atoms with Crippen LogP contribution < -0.4 is 10.6 Å². The summed E-state index contributed by atoms with van der Waals surface area (Å²) in [6.07, 6.45) is 1.60. The van der Waals surface area contributed by atoms with Crippen LogP contribution in [0.5, 0.6) is 0 Å². The van der Waals surface area contributed by atoms with Crippen LogP contribution in [0, 0.1) is 0 Å². The van der Waals surface area contributed by atoms with Crippen LogP contribution in [0.4, 0.5) is 4.79 Å². The molecule has 3 rings (SSSR count). The molecular formula is C18H20BrN3O2S. The zero-order valence-electron chi connectivity index (χ0n) is 13.8. The van der Waals surface area contributed by atoms with E-state index in [0.717, 1.165) is 33.4 Å². The van der Waals surface area contributed by atoms with Gasteiger partial charge in [0.05, 0.1) is 6.54 Å². The number of carbonyl (C=O) groups is 2. The molecule has 0 atom stereocenters. The van der Waals surface area contributed by atoms with Gasteiger partial charge in [-0.25, -0.2) is 4.79 Å². The molecule has 25 heavy (non-hydrogen) atoms. The SMILES string of the molecule is O=C(NCc1cccc(CN2CCCC2=O)c1)NCc1cc(Br)cs1. The maximum atomic E-state index is 11.9.